The average molecular weight is 518 g/mol. The number of rotatable bonds is 4. The van der Waals surface area contributed by atoms with E-state index in [1.807, 2.05) is 0 Å². The van der Waals surface area contributed by atoms with Crippen LogP contribution in [0.3, 0.4) is 0 Å². The molecule has 0 bridgehead atoms. The van der Waals surface area contributed by atoms with Crippen LogP contribution in [0.25, 0.3) is 0 Å². The second-order valence-electron chi connectivity index (χ2n) is 7.56. The molecule has 0 spiro atoms. The molecule has 8 nitrogen and oxygen atoms in total. The first-order valence-corrected chi connectivity index (χ1v) is 13.7. The van der Waals surface area contributed by atoms with Crippen LogP contribution in [0.1, 0.15) is 16.8 Å². The highest BCUT2D eigenvalue weighted by Crippen LogP contribution is 2.29. The Balaban J connectivity index is 1.43. The number of carbonyl (C=O) groups excluding carboxylic acids is 1. The molecule has 0 N–H and O–H groups in total. The Morgan fingerprint density at radius 3 is 2.16 bits per heavy atom. The van der Waals surface area contributed by atoms with Crippen molar-refractivity contribution in [3.63, 3.8) is 0 Å². The maximum atomic E-state index is 12.9. The summed E-state index contributed by atoms with van der Waals surface area (Å²) in [6.07, 6.45) is 0.580. The van der Waals surface area contributed by atoms with E-state index in [1.54, 1.807) is 29.2 Å². The predicted octanol–water partition coefficient (Wildman–Crippen LogP) is 2.68. The van der Waals surface area contributed by atoms with Crippen molar-refractivity contribution in [1.29, 1.82) is 0 Å². The SMILES string of the molecule is O=C(c1ccc(N2CCCS2(=O)=O)cc1)N1CCN(S(=O)(=O)c2cc(Cl)ccc2Cl)CC1. The fourth-order valence-electron chi connectivity index (χ4n) is 3.83. The van der Waals surface area contributed by atoms with E-state index in [4.69, 9.17) is 23.2 Å². The smallest absolute Gasteiger partial charge is 0.253 e. The van der Waals surface area contributed by atoms with Gasteiger partial charge < -0.3 is 4.90 Å². The van der Waals surface area contributed by atoms with Crippen molar-refractivity contribution in [1.82, 2.24) is 9.21 Å². The third-order valence-corrected chi connectivity index (χ3v) is 10.0. The molecule has 2 aliphatic heterocycles. The van der Waals surface area contributed by atoms with Gasteiger partial charge in [-0.2, -0.15) is 4.31 Å². The number of sulfonamides is 2. The van der Waals surface area contributed by atoms with Crippen molar-refractivity contribution in [3.05, 3.63) is 58.1 Å². The lowest BCUT2D eigenvalue weighted by atomic mass is 10.1. The molecule has 32 heavy (non-hydrogen) atoms. The van der Waals surface area contributed by atoms with Crippen LogP contribution in [0.5, 0.6) is 0 Å². The second-order valence-corrected chi connectivity index (χ2v) is 12.3. The fraction of sp³-hybridized carbons (Fsp3) is 0.350. The minimum atomic E-state index is -3.84. The maximum Gasteiger partial charge on any atom is 0.253 e. The first-order valence-electron chi connectivity index (χ1n) is 9.94. The topological polar surface area (TPSA) is 95.1 Å². The molecule has 0 saturated carbocycles. The van der Waals surface area contributed by atoms with Crippen molar-refractivity contribution in [3.8, 4) is 0 Å². The van der Waals surface area contributed by atoms with E-state index in [1.165, 1.54) is 26.8 Å². The van der Waals surface area contributed by atoms with E-state index in [2.05, 4.69) is 0 Å². The summed E-state index contributed by atoms with van der Waals surface area (Å²) in [7, 11) is -7.12. The Kier molecular flexibility index (Phi) is 6.43. The number of amides is 1. The largest absolute Gasteiger partial charge is 0.336 e. The summed E-state index contributed by atoms with van der Waals surface area (Å²) in [6.45, 7) is 1.13. The highest BCUT2D eigenvalue weighted by molar-refractivity contribution is 7.93. The van der Waals surface area contributed by atoms with Crippen molar-refractivity contribution in [2.24, 2.45) is 0 Å². The summed E-state index contributed by atoms with van der Waals surface area (Å²) in [5, 5.41) is 0.361. The Hall–Kier alpha value is -1.85. The van der Waals surface area contributed by atoms with Crippen LogP contribution in [0.4, 0.5) is 5.69 Å². The van der Waals surface area contributed by atoms with E-state index >= 15 is 0 Å². The second kappa shape index (κ2) is 8.83. The van der Waals surface area contributed by atoms with Crippen LogP contribution in [0, 0.1) is 0 Å². The van der Waals surface area contributed by atoms with Crippen molar-refractivity contribution >= 4 is 54.8 Å². The quantitative estimate of drug-likeness (QED) is 0.621. The summed E-state index contributed by atoms with van der Waals surface area (Å²) in [5.41, 5.74) is 0.952. The summed E-state index contributed by atoms with van der Waals surface area (Å²) in [5.74, 6) is -0.111. The van der Waals surface area contributed by atoms with Gasteiger partial charge in [-0.25, -0.2) is 16.8 Å². The highest BCUT2D eigenvalue weighted by Gasteiger charge is 2.32. The molecule has 0 aromatic heterocycles. The van der Waals surface area contributed by atoms with Gasteiger partial charge in [0.15, 0.2) is 0 Å². The van der Waals surface area contributed by atoms with E-state index < -0.39 is 20.0 Å². The first-order chi connectivity index (χ1) is 15.1. The molecule has 2 saturated heterocycles. The zero-order valence-corrected chi connectivity index (χ0v) is 20.1. The molecular formula is C20H21Cl2N3O5S2. The minimum Gasteiger partial charge on any atom is -0.336 e. The number of hydrogen-bond donors (Lipinski definition) is 0. The van der Waals surface area contributed by atoms with E-state index in [9.17, 15) is 21.6 Å². The van der Waals surface area contributed by atoms with Crippen LogP contribution >= 0.6 is 23.2 Å². The number of nitrogens with zero attached hydrogens (tertiary/aromatic N) is 3. The van der Waals surface area contributed by atoms with Gasteiger partial charge in [-0.05, 0) is 48.9 Å². The molecule has 1 amide bonds. The predicted molar refractivity (Wildman–Crippen MR) is 123 cm³/mol. The summed E-state index contributed by atoms with van der Waals surface area (Å²) in [6, 6.07) is 10.7. The Bertz CT molecular complexity index is 1240. The van der Waals surface area contributed by atoms with Gasteiger partial charge in [0.25, 0.3) is 5.91 Å². The molecule has 4 rings (SSSR count). The standard InChI is InChI=1S/C20H21Cl2N3O5S2/c21-16-4-7-18(22)19(14-16)32(29,30)24-11-9-23(10-12-24)20(26)15-2-5-17(6-3-15)25-8-1-13-31(25,27)28/h2-7,14H,1,8-13H2. The average Bonchev–Trinajstić information content (AvgIpc) is 3.14. The molecule has 0 aliphatic carbocycles. The molecule has 12 heteroatoms. The van der Waals surface area contributed by atoms with Gasteiger partial charge in [0.1, 0.15) is 4.90 Å². The summed E-state index contributed by atoms with van der Waals surface area (Å²) in [4.78, 5) is 14.4. The molecular weight excluding hydrogens is 497 g/mol. The van der Waals surface area contributed by atoms with E-state index in [-0.39, 0.29) is 52.8 Å². The number of anilines is 1. The third kappa shape index (κ3) is 4.47. The van der Waals surface area contributed by atoms with Crippen LogP contribution in [-0.2, 0) is 20.0 Å². The maximum absolute atomic E-state index is 12.9. The first kappa shape index (κ1) is 23.3. The molecule has 2 heterocycles. The van der Waals surface area contributed by atoms with Gasteiger partial charge in [-0.3, -0.25) is 9.10 Å². The number of benzene rings is 2. The van der Waals surface area contributed by atoms with Crippen molar-refractivity contribution in [2.75, 3.05) is 42.8 Å². The van der Waals surface area contributed by atoms with Gasteiger partial charge >= 0.3 is 0 Å². The molecule has 2 aliphatic rings. The molecule has 0 unspecified atom stereocenters. The van der Waals surface area contributed by atoms with Crippen molar-refractivity contribution in [2.45, 2.75) is 11.3 Å². The van der Waals surface area contributed by atoms with Gasteiger partial charge in [0.2, 0.25) is 20.0 Å². The summed E-state index contributed by atoms with van der Waals surface area (Å²) >= 11 is 12.0. The molecule has 0 radical (unpaired) electrons. The number of hydrogen-bond acceptors (Lipinski definition) is 5. The Labute approximate surface area is 197 Å². The van der Waals surface area contributed by atoms with Gasteiger partial charge in [-0.15, -0.1) is 0 Å². The van der Waals surface area contributed by atoms with Gasteiger partial charge in [0.05, 0.1) is 16.5 Å². The van der Waals surface area contributed by atoms with Crippen LogP contribution < -0.4 is 4.31 Å². The highest BCUT2D eigenvalue weighted by atomic mass is 35.5. The molecule has 2 aromatic rings. The molecule has 2 fully saturated rings. The number of piperazine rings is 1. The van der Waals surface area contributed by atoms with Crippen LogP contribution in [-0.4, -0.2) is 70.4 Å². The number of carbonyl (C=O) groups is 1. The lowest BCUT2D eigenvalue weighted by Crippen LogP contribution is -2.50. The van der Waals surface area contributed by atoms with Gasteiger partial charge in [0, 0.05) is 43.3 Å². The normalized spacial score (nSPS) is 19.3. The Morgan fingerprint density at radius 1 is 0.906 bits per heavy atom. The lowest BCUT2D eigenvalue weighted by molar-refractivity contribution is 0.0698. The van der Waals surface area contributed by atoms with Crippen molar-refractivity contribution < 1.29 is 21.6 Å². The number of halogens is 2. The van der Waals surface area contributed by atoms with E-state index in [0.29, 0.717) is 24.2 Å². The lowest BCUT2D eigenvalue weighted by Gasteiger charge is -2.34. The van der Waals surface area contributed by atoms with Crippen LogP contribution in [0.15, 0.2) is 47.4 Å². The third-order valence-electron chi connectivity index (χ3n) is 5.54. The summed E-state index contributed by atoms with van der Waals surface area (Å²) < 4.78 is 52.7. The zero-order chi connectivity index (χ0) is 23.1. The fourth-order valence-corrected chi connectivity index (χ4v) is 7.55. The minimum absolute atomic E-state index is 0.0566. The van der Waals surface area contributed by atoms with Crippen LogP contribution in [0.2, 0.25) is 10.0 Å². The van der Waals surface area contributed by atoms with Gasteiger partial charge in [-0.1, -0.05) is 23.2 Å². The molecule has 2 aromatic carbocycles. The van der Waals surface area contributed by atoms with E-state index in [0.717, 1.165) is 0 Å². The monoisotopic (exact) mass is 517 g/mol. The molecule has 172 valence electrons. The zero-order valence-electron chi connectivity index (χ0n) is 16.9. The molecule has 0 atom stereocenters. The Morgan fingerprint density at radius 2 is 1.56 bits per heavy atom.